The van der Waals surface area contributed by atoms with Crippen molar-refractivity contribution in [3.8, 4) is 0 Å². The molecular formula is C35H36F2N5O6P. The van der Waals surface area contributed by atoms with Crippen LogP contribution >= 0.6 is 7.60 Å². The van der Waals surface area contributed by atoms with Gasteiger partial charge in [0.05, 0.1) is 12.6 Å². The van der Waals surface area contributed by atoms with Crippen LogP contribution in [0.15, 0.2) is 60.7 Å². The summed E-state index contributed by atoms with van der Waals surface area (Å²) in [6.07, 6.45) is 4.84. The molecule has 0 aliphatic carbocycles. The highest BCUT2D eigenvalue weighted by Gasteiger charge is 2.63. The van der Waals surface area contributed by atoms with Crippen LogP contribution in [0.1, 0.15) is 60.0 Å². The van der Waals surface area contributed by atoms with Gasteiger partial charge in [-0.25, -0.2) is 6.57 Å². The van der Waals surface area contributed by atoms with Crippen LogP contribution in [0.2, 0.25) is 0 Å². The zero-order valence-corrected chi connectivity index (χ0v) is 27.4. The Labute approximate surface area is 281 Å². The van der Waals surface area contributed by atoms with Crippen LogP contribution < -0.4 is 10.6 Å². The number of hydrogen-bond donors (Lipinski definition) is 4. The third-order valence-corrected chi connectivity index (χ3v) is 11.8. The van der Waals surface area contributed by atoms with Crippen LogP contribution in [0.4, 0.5) is 14.5 Å². The molecule has 4 heterocycles. The van der Waals surface area contributed by atoms with Gasteiger partial charge in [-0.05, 0) is 60.7 Å². The van der Waals surface area contributed by atoms with Gasteiger partial charge in [0.15, 0.2) is 5.41 Å². The number of halogens is 2. The molecule has 0 unspecified atom stereocenters. The number of carbonyl (C=O) groups is 3. The third kappa shape index (κ3) is 5.61. The summed E-state index contributed by atoms with van der Waals surface area (Å²) < 4.78 is 40.2. The first kappa shape index (κ1) is 33.3. The number of nitrogens with one attached hydrogen (secondary N) is 2. The maximum absolute atomic E-state index is 14.4. The van der Waals surface area contributed by atoms with E-state index in [1.807, 2.05) is 24.3 Å². The zero-order valence-electron chi connectivity index (χ0n) is 26.5. The van der Waals surface area contributed by atoms with E-state index in [1.54, 1.807) is 17.0 Å². The molecular weight excluding hydrogens is 655 g/mol. The molecule has 5 atom stereocenters. The van der Waals surface area contributed by atoms with Crippen molar-refractivity contribution < 1.29 is 37.5 Å². The molecule has 11 nitrogen and oxygen atoms in total. The van der Waals surface area contributed by atoms with Gasteiger partial charge in [-0.3, -0.25) is 23.8 Å². The van der Waals surface area contributed by atoms with Crippen LogP contribution in [0, 0.1) is 6.57 Å². The van der Waals surface area contributed by atoms with E-state index in [0.29, 0.717) is 30.5 Å². The van der Waals surface area contributed by atoms with Gasteiger partial charge in [0, 0.05) is 47.6 Å². The predicted octanol–water partition coefficient (Wildman–Crippen LogP) is 4.59. The second kappa shape index (κ2) is 12.3. The van der Waals surface area contributed by atoms with Crippen LogP contribution in [-0.2, 0) is 25.2 Å². The number of anilines is 1. The van der Waals surface area contributed by atoms with Gasteiger partial charge in [-0.15, -0.1) is 0 Å². The average molecular weight is 692 g/mol. The SMILES string of the molecule is [C-]#[N+][C@H]1CN(C(=O)[C@@H]2CC[C@@H]3CCCC[C@H](NC(=O)c4ccc5ccc(C(F)(F)P(=O)(O)O)cc5c4)CN32)C[C@]12C(=O)Nc1ccccc12. The number of carbonyl (C=O) groups excluding carboxylic acids is 3. The molecule has 0 aromatic heterocycles. The van der Waals surface area contributed by atoms with E-state index < -0.39 is 42.2 Å². The average Bonchev–Trinajstić information content (AvgIpc) is 3.74. The number of hydrogen-bond acceptors (Lipinski definition) is 5. The smallest absolute Gasteiger partial charge is 0.348 e. The monoisotopic (exact) mass is 691 g/mol. The molecule has 4 aliphatic heterocycles. The Morgan fingerprint density at radius 1 is 1.00 bits per heavy atom. The predicted molar refractivity (Wildman–Crippen MR) is 177 cm³/mol. The summed E-state index contributed by atoms with van der Waals surface area (Å²) in [4.78, 5) is 67.1. The maximum atomic E-state index is 14.4. The summed E-state index contributed by atoms with van der Waals surface area (Å²) >= 11 is 0. The number of para-hydroxylation sites is 1. The molecule has 4 N–H and O–H groups in total. The molecule has 14 heteroatoms. The Hall–Kier alpha value is -4.21. The van der Waals surface area contributed by atoms with Crippen molar-refractivity contribution in [1.82, 2.24) is 15.1 Å². The van der Waals surface area contributed by atoms with E-state index in [2.05, 4.69) is 20.4 Å². The maximum Gasteiger partial charge on any atom is 0.399 e. The zero-order chi connectivity index (χ0) is 34.7. The molecule has 3 aromatic carbocycles. The summed E-state index contributed by atoms with van der Waals surface area (Å²) in [6.45, 7) is 8.63. The molecule has 3 saturated heterocycles. The lowest BCUT2D eigenvalue weighted by molar-refractivity contribution is -0.136. The fraction of sp³-hybridized carbons (Fsp3) is 0.429. The highest BCUT2D eigenvalue weighted by Crippen LogP contribution is 2.59. The molecule has 3 aromatic rings. The highest BCUT2D eigenvalue weighted by molar-refractivity contribution is 7.52. The Kier molecular flexibility index (Phi) is 8.35. The molecule has 7 rings (SSSR count). The van der Waals surface area contributed by atoms with E-state index in [9.17, 15) is 37.5 Å². The van der Waals surface area contributed by atoms with Crippen molar-refractivity contribution in [2.24, 2.45) is 0 Å². The molecule has 1 spiro atoms. The van der Waals surface area contributed by atoms with Gasteiger partial charge >= 0.3 is 13.3 Å². The summed E-state index contributed by atoms with van der Waals surface area (Å²) in [5.74, 6) is -0.803. The van der Waals surface area contributed by atoms with E-state index in [-0.39, 0.29) is 47.9 Å². The Morgan fingerprint density at radius 2 is 1.76 bits per heavy atom. The fourth-order valence-electron chi connectivity index (χ4n) is 8.22. The lowest BCUT2D eigenvalue weighted by Gasteiger charge is -2.36. The van der Waals surface area contributed by atoms with E-state index in [0.717, 1.165) is 43.4 Å². The number of benzene rings is 3. The molecule has 3 fully saturated rings. The van der Waals surface area contributed by atoms with E-state index >= 15 is 0 Å². The first-order chi connectivity index (χ1) is 23.3. The van der Waals surface area contributed by atoms with Crippen molar-refractivity contribution in [3.63, 3.8) is 0 Å². The molecule has 0 saturated carbocycles. The second-order valence-electron chi connectivity index (χ2n) is 13.6. The van der Waals surface area contributed by atoms with Crippen molar-refractivity contribution in [3.05, 3.63) is 88.8 Å². The molecule has 3 amide bonds. The van der Waals surface area contributed by atoms with Gasteiger partial charge in [-0.2, -0.15) is 8.78 Å². The summed E-state index contributed by atoms with van der Waals surface area (Å²) in [5, 5.41) is 6.75. The quantitative estimate of drug-likeness (QED) is 0.226. The standard InChI is InChI=1S/C35H36F2N5O6P/c1-38-30-19-41(20-34(30)27-8-4-5-9-28(27)40-33(34)45)32(44)29-15-14-26-7-3-2-6-25(18-42(26)29)39-31(43)22-11-10-21-12-13-24(17-23(21)16-22)35(36,37)49(46,47)48/h4-5,8-13,16-17,25-26,29-30H,2-3,6-7,14-15,18-20H2,(H,39,43)(H,40,45)(H2,46,47,48)/t25-,26-,29-,30-,34+/m0/s1. The number of alkyl halides is 2. The molecule has 0 radical (unpaired) electrons. The Balaban J connectivity index is 1.09. The van der Waals surface area contributed by atoms with E-state index in [4.69, 9.17) is 6.57 Å². The van der Waals surface area contributed by atoms with Crippen LogP contribution in [0.3, 0.4) is 0 Å². The van der Waals surface area contributed by atoms with Crippen molar-refractivity contribution in [1.29, 1.82) is 0 Å². The van der Waals surface area contributed by atoms with Crippen molar-refractivity contribution in [2.45, 2.75) is 73.8 Å². The first-order valence-corrected chi connectivity index (χ1v) is 18.1. The lowest BCUT2D eigenvalue weighted by Crippen LogP contribution is -2.53. The summed E-state index contributed by atoms with van der Waals surface area (Å²) in [5.41, 5.74) is -4.71. The Morgan fingerprint density at radius 3 is 2.53 bits per heavy atom. The number of fused-ring (bicyclic) bond motifs is 4. The number of amides is 3. The summed E-state index contributed by atoms with van der Waals surface area (Å²) in [6, 6.07) is 13.9. The fourth-order valence-corrected chi connectivity index (χ4v) is 8.70. The second-order valence-corrected chi connectivity index (χ2v) is 15.2. The minimum Gasteiger partial charge on any atom is -0.348 e. The number of nitrogens with zero attached hydrogens (tertiary/aromatic N) is 3. The largest absolute Gasteiger partial charge is 0.399 e. The normalized spacial score (nSPS) is 27.2. The van der Waals surface area contributed by atoms with Gasteiger partial charge in [0.1, 0.15) is 0 Å². The van der Waals surface area contributed by atoms with Gasteiger partial charge in [-0.1, -0.05) is 49.2 Å². The van der Waals surface area contributed by atoms with Gasteiger partial charge in [0.2, 0.25) is 11.8 Å². The van der Waals surface area contributed by atoms with Crippen molar-refractivity contribution in [2.75, 3.05) is 25.0 Å². The van der Waals surface area contributed by atoms with Crippen LogP contribution in [0.5, 0.6) is 0 Å². The minimum absolute atomic E-state index is 0.117. The van der Waals surface area contributed by atoms with Gasteiger partial charge < -0.3 is 30.2 Å². The topological polar surface area (TPSA) is 144 Å². The first-order valence-electron chi connectivity index (χ1n) is 16.4. The van der Waals surface area contributed by atoms with Crippen LogP contribution in [-0.4, -0.2) is 81.1 Å². The molecule has 4 aliphatic rings. The van der Waals surface area contributed by atoms with E-state index in [1.165, 1.54) is 12.1 Å². The molecule has 256 valence electrons. The van der Waals surface area contributed by atoms with Crippen LogP contribution in [0.25, 0.3) is 15.6 Å². The lowest BCUT2D eigenvalue weighted by atomic mass is 9.77. The molecule has 49 heavy (non-hydrogen) atoms. The number of likely N-dealkylation sites (tertiary alicyclic amines) is 1. The highest BCUT2D eigenvalue weighted by atomic mass is 31.2. The molecule has 0 bridgehead atoms. The minimum atomic E-state index is -5.76. The number of rotatable bonds is 5. The third-order valence-electron chi connectivity index (χ3n) is 10.8. The van der Waals surface area contributed by atoms with Gasteiger partial charge in [0.25, 0.3) is 11.9 Å². The van der Waals surface area contributed by atoms with Crippen molar-refractivity contribution >= 4 is 41.8 Å². The summed E-state index contributed by atoms with van der Waals surface area (Å²) in [7, 11) is -5.76. The Bertz CT molecular complexity index is 1950.